The molecule has 162 valence electrons. The van der Waals surface area contributed by atoms with Gasteiger partial charge < -0.3 is 10.2 Å². The van der Waals surface area contributed by atoms with Crippen LogP contribution >= 0.6 is 46.4 Å². The minimum absolute atomic E-state index is 0.0214. The van der Waals surface area contributed by atoms with Crippen LogP contribution in [0.1, 0.15) is 37.8 Å². The molecular formula is C22H24Cl4N2O2. The van der Waals surface area contributed by atoms with E-state index >= 15 is 0 Å². The summed E-state index contributed by atoms with van der Waals surface area (Å²) in [5.74, 6) is -0.490. The molecule has 2 aromatic carbocycles. The van der Waals surface area contributed by atoms with Gasteiger partial charge >= 0.3 is 0 Å². The van der Waals surface area contributed by atoms with E-state index in [9.17, 15) is 9.59 Å². The zero-order valence-corrected chi connectivity index (χ0v) is 19.9. The molecule has 0 unspecified atom stereocenters. The van der Waals surface area contributed by atoms with E-state index < -0.39 is 6.04 Å². The van der Waals surface area contributed by atoms with E-state index in [1.807, 2.05) is 6.92 Å². The summed E-state index contributed by atoms with van der Waals surface area (Å²) in [4.78, 5) is 27.4. The molecule has 30 heavy (non-hydrogen) atoms. The zero-order valence-electron chi connectivity index (χ0n) is 16.9. The van der Waals surface area contributed by atoms with Crippen molar-refractivity contribution < 1.29 is 9.59 Å². The van der Waals surface area contributed by atoms with Crippen LogP contribution in [0.3, 0.4) is 0 Å². The maximum atomic E-state index is 13.2. The summed E-state index contributed by atoms with van der Waals surface area (Å²) in [6.07, 6.45) is 1.81. The Labute approximate surface area is 197 Å². The number of amides is 2. The smallest absolute Gasteiger partial charge is 0.242 e. The molecule has 0 aliphatic rings. The van der Waals surface area contributed by atoms with E-state index in [0.29, 0.717) is 32.2 Å². The monoisotopic (exact) mass is 488 g/mol. The highest BCUT2D eigenvalue weighted by atomic mass is 35.5. The Kier molecular flexibility index (Phi) is 9.76. The van der Waals surface area contributed by atoms with E-state index in [1.165, 1.54) is 4.90 Å². The molecule has 2 amide bonds. The Bertz CT molecular complexity index is 884. The van der Waals surface area contributed by atoms with Crippen LogP contribution in [-0.2, 0) is 22.6 Å². The maximum Gasteiger partial charge on any atom is 0.242 e. The first-order chi connectivity index (χ1) is 14.2. The summed E-state index contributed by atoms with van der Waals surface area (Å²) in [6.45, 7) is 4.50. The van der Waals surface area contributed by atoms with Gasteiger partial charge in [-0.2, -0.15) is 0 Å². The number of nitrogens with one attached hydrogen (secondary N) is 1. The molecule has 0 aliphatic heterocycles. The van der Waals surface area contributed by atoms with Gasteiger partial charge in [0.1, 0.15) is 6.04 Å². The molecule has 0 heterocycles. The molecule has 0 fully saturated rings. The molecule has 1 atom stereocenters. The van der Waals surface area contributed by atoms with E-state index in [-0.39, 0.29) is 24.8 Å². The van der Waals surface area contributed by atoms with Crippen molar-refractivity contribution in [2.24, 2.45) is 0 Å². The summed E-state index contributed by atoms with van der Waals surface area (Å²) in [7, 11) is 0. The van der Waals surface area contributed by atoms with Gasteiger partial charge in [-0.25, -0.2) is 0 Å². The van der Waals surface area contributed by atoms with Crippen molar-refractivity contribution in [2.45, 2.75) is 45.7 Å². The van der Waals surface area contributed by atoms with Crippen LogP contribution in [0.15, 0.2) is 36.4 Å². The highest BCUT2D eigenvalue weighted by Gasteiger charge is 2.27. The first-order valence-corrected chi connectivity index (χ1v) is 11.2. The van der Waals surface area contributed by atoms with Crippen LogP contribution in [0.25, 0.3) is 0 Å². The van der Waals surface area contributed by atoms with E-state index in [4.69, 9.17) is 46.4 Å². The molecule has 4 nitrogen and oxygen atoms in total. The minimum atomic E-state index is -0.690. The third kappa shape index (κ3) is 6.78. The molecule has 0 saturated heterocycles. The van der Waals surface area contributed by atoms with Crippen molar-refractivity contribution in [2.75, 3.05) is 6.54 Å². The van der Waals surface area contributed by atoms with Crippen molar-refractivity contribution in [3.05, 3.63) is 67.6 Å². The van der Waals surface area contributed by atoms with Crippen molar-refractivity contribution in [1.82, 2.24) is 10.2 Å². The molecular weight excluding hydrogens is 466 g/mol. The lowest BCUT2D eigenvalue weighted by Crippen LogP contribution is -2.48. The fraction of sp³-hybridized carbons (Fsp3) is 0.364. The standard InChI is InChI=1S/C22H24Cl4N2O2/c1-3-4-10-27-22(30)14(2)28(13-15-8-9-19(25)20(26)11-15)21(29)12-16-17(23)6-5-7-18(16)24/h5-9,11,14H,3-4,10,12-13H2,1-2H3,(H,27,30)/t14-/m0/s1. The topological polar surface area (TPSA) is 49.4 Å². The second kappa shape index (κ2) is 11.8. The van der Waals surface area contributed by atoms with Crippen molar-refractivity contribution >= 4 is 58.2 Å². The number of carbonyl (C=O) groups excluding carboxylic acids is 2. The van der Waals surface area contributed by atoms with Crippen LogP contribution in [0.2, 0.25) is 20.1 Å². The largest absolute Gasteiger partial charge is 0.354 e. The number of halogens is 4. The third-order valence-corrected chi connectivity index (χ3v) is 6.17. The van der Waals surface area contributed by atoms with Gasteiger partial charge in [-0.3, -0.25) is 9.59 Å². The lowest BCUT2D eigenvalue weighted by molar-refractivity contribution is -0.140. The molecule has 0 aliphatic carbocycles. The number of unbranched alkanes of at least 4 members (excludes halogenated alkanes) is 1. The van der Waals surface area contributed by atoms with Gasteiger partial charge in [-0.1, -0.05) is 71.9 Å². The van der Waals surface area contributed by atoms with Crippen LogP contribution in [0, 0.1) is 0 Å². The number of nitrogens with zero attached hydrogens (tertiary/aromatic N) is 1. The fourth-order valence-electron chi connectivity index (χ4n) is 2.91. The van der Waals surface area contributed by atoms with Crippen LogP contribution in [0.5, 0.6) is 0 Å². The van der Waals surface area contributed by atoms with Crippen LogP contribution in [-0.4, -0.2) is 29.3 Å². The van der Waals surface area contributed by atoms with E-state index in [1.54, 1.807) is 43.3 Å². The van der Waals surface area contributed by atoms with Crippen molar-refractivity contribution in [1.29, 1.82) is 0 Å². The molecule has 0 aromatic heterocycles. The third-order valence-electron chi connectivity index (χ3n) is 4.72. The number of benzene rings is 2. The summed E-state index contributed by atoms with van der Waals surface area (Å²) in [6, 6.07) is 9.52. The van der Waals surface area contributed by atoms with E-state index in [2.05, 4.69) is 5.32 Å². The van der Waals surface area contributed by atoms with Gasteiger partial charge in [-0.15, -0.1) is 0 Å². The Balaban J connectivity index is 2.27. The fourth-order valence-corrected chi connectivity index (χ4v) is 3.76. The molecule has 0 spiro atoms. The van der Waals surface area contributed by atoms with Gasteiger partial charge in [-0.05, 0) is 48.7 Å². The summed E-state index contributed by atoms with van der Waals surface area (Å²) in [5.41, 5.74) is 1.29. The number of rotatable bonds is 9. The quantitative estimate of drug-likeness (QED) is 0.427. The average Bonchev–Trinajstić information content (AvgIpc) is 2.71. The average molecular weight is 490 g/mol. The Morgan fingerprint density at radius 1 is 1.00 bits per heavy atom. The molecule has 1 N–H and O–H groups in total. The van der Waals surface area contributed by atoms with Crippen LogP contribution in [0.4, 0.5) is 0 Å². The normalized spacial score (nSPS) is 11.8. The predicted octanol–water partition coefficient (Wildman–Crippen LogP) is 6.18. The number of hydrogen-bond acceptors (Lipinski definition) is 2. The van der Waals surface area contributed by atoms with Gasteiger partial charge in [0, 0.05) is 23.1 Å². The number of hydrogen-bond donors (Lipinski definition) is 1. The van der Waals surface area contributed by atoms with Gasteiger partial charge in [0.25, 0.3) is 0 Å². The number of carbonyl (C=O) groups is 2. The van der Waals surface area contributed by atoms with Crippen LogP contribution < -0.4 is 5.32 Å². The first-order valence-electron chi connectivity index (χ1n) is 9.68. The molecule has 2 rings (SSSR count). The zero-order chi connectivity index (χ0) is 22.3. The Hall–Kier alpha value is -1.46. The summed E-state index contributed by atoms with van der Waals surface area (Å²) in [5, 5.41) is 4.50. The first kappa shape index (κ1) is 24.8. The van der Waals surface area contributed by atoms with E-state index in [0.717, 1.165) is 18.4 Å². The summed E-state index contributed by atoms with van der Waals surface area (Å²) >= 11 is 24.6. The van der Waals surface area contributed by atoms with Crippen molar-refractivity contribution in [3.63, 3.8) is 0 Å². The second-order valence-electron chi connectivity index (χ2n) is 6.97. The van der Waals surface area contributed by atoms with Gasteiger partial charge in [0.15, 0.2) is 0 Å². The molecule has 0 bridgehead atoms. The molecule has 0 radical (unpaired) electrons. The molecule has 2 aromatic rings. The Morgan fingerprint density at radius 3 is 2.27 bits per heavy atom. The second-order valence-corrected chi connectivity index (χ2v) is 8.60. The highest BCUT2D eigenvalue weighted by molar-refractivity contribution is 6.42. The Morgan fingerprint density at radius 2 is 1.67 bits per heavy atom. The highest BCUT2D eigenvalue weighted by Crippen LogP contribution is 2.27. The van der Waals surface area contributed by atoms with Gasteiger partial charge in [0.05, 0.1) is 16.5 Å². The van der Waals surface area contributed by atoms with Crippen molar-refractivity contribution in [3.8, 4) is 0 Å². The van der Waals surface area contributed by atoms with Gasteiger partial charge in [0.2, 0.25) is 11.8 Å². The lowest BCUT2D eigenvalue weighted by atomic mass is 10.1. The lowest BCUT2D eigenvalue weighted by Gasteiger charge is -2.29. The summed E-state index contributed by atoms with van der Waals surface area (Å²) < 4.78 is 0. The predicted molar refractivity (Wildman–Crippen MR) is 125 cm³/mol. The molecule has 8 heteroatoms. The molecule has 0 saturated carbocycles. The SMILES string of the molecule is CCCCNC(=O)[C@H](C)N(Cc1ccc(Cl)c(Cl)c1)C(=O)Cc1c(Cl)cccc1Cl. The minimum Gasteiger partial charge on any atom is -0.354 e. The maximum absolute atomic E-state index is 13.2.